The van der Waals surface area contributed by atoms with Gasteiger partial charge in [-0.1, -0.05) is 18.2 Å². The normalized spacial score (nSPS) is 15.5. The van der Waals surface area contributed by atoms with Crippen LogP contribution in [0.25, 0.3) is 11.1 Å². The third-order valence-electron chi connectivity index (χ3n) is 4.61. The minimum absolute atomic E-state index is 0.0595. The van der Waals surface area contributed by atoms with Crippen molar-refractivity contribution in [2.75, 3.05) is 20.1 Å². The molecule has 1 amide bonds. The number of carbonyl (C=O) groups excluding carboxylic acids is 1. The van der Waals surface area contributed by atoms with Gasteiger partial charge in [0.05, 0.1) is 6.20 Å². The highest BCUT2D eigenvalue weighted by molar-refractivity contribution is 5.82. The van der Waals surface area contributed by atoms with Crippen LogP contribution in [0.2, 0.25) is 0 Å². The topological polar surface area (TPSA) is 64.0 Å². The van der Waals surface area contributed by atoms with E-state index in [0.717, 1.165) is 35.3 Å². The molecule has 0 atom stereocenters. The van der Waals surface area contributed by atoms with E-state index in [0.29, 0.717) is 13.1 Å². The van der Waals surface area contributed by atoms with Crippen LogP contribution in [-0.4, -0.2) is 54.0 Å². The summed E-state index contributed by atoms with van der Waals surface area (Å²) >= 11 is 0. The van der Waals surface area contributed by atoms with E-state index in [2.05, 4.69) is 16.0 Å². The smallest absolute Gasteiger partial charge is 0.410 e. The molecule has 3 rings (SSSR count). The van der Waals surface area contributed by atoms with E-state index in [9.17, 15) is 4.79 Å². The average molecular weight is 396 g/mol. The minimum atomic E-state index is -0.475. The summed E-state index contributed by atoms with van der Waals surface area (Å²) in [6.45, 7) is 6.90. The lowest BCUT2D eigenvalue weighted by molar-refractivity contribution is 0.0126. The Morgan fingerprint density at radius 1 is 1.17 bits per heavy atom. The van der Waals surface area contributed by atoms with Crippen LogP contribution in [0.1, 0.15) is 39.2 Å². The summed E-state index contributed by atoms with van der Waals surface area (Å²) in [6.07, 6.45) is 6.74. The molecule has 1 fully saturated rings. The fraction of sp³-hybridized carbons (Fsp3) is 0.435. The second-order valence-corrected chi connectivity index (χ2v) is 8.21. The number of hydrogen-bond donors (Lipinski definition) is 0. The van der Waals surface area contributed by atoms with Crippen molar-refractivity contribution in [3.63, 3.8) is 0 Å². The first kappa shape index (κ1) is 20.8. The van der Waals surface area contributed by atoms with Crippen LogP contribution in [0.5, 0.6) is 5.75 Å². The van der Waals surface area contributed by atoms with Crippen molar-refractivity contribution in [3.8, 4) is 16.9 Å². The van der Waals surface area contributed by atoms with Gasteiger partial charge in [0.1, 0.15) is 17.5 Å². The number of hydrogen-bond acceptors (Lipinski definition) is 5. The molecule has 6 nitrogen and oxygen atoms in total. The summed E-state index contributed by atoms with van der Waals surface area (Å²) in [5.74, 6) is 0.743. The Morgan fingerprint density at radius 3 is 2.62 bits per heavy atom. The molecule has 1 aliphatic rings. The Bertz CT molecular complexity index is 866. The van der Waals surface area contributed by atoms with Crippen LogP contribution in [-0.2, 0) is 4.74 Å². The molecule has 0 radical (unpaired) electrons. The van der Waals surface area contributed by atoms with Crippen molar-refractivity contribution in [1.29, 1.82) is 0 Å². The van der Waals surface area contributed by atoms with Gasteiger partial charge in [-0.15, -0.1) is 0 Å². The molecule has 1 aromatic heterocycles. The maximum absolute atomic E-state index is 12.2. The summed E-state index contributed by atoms with van der Waals surface area (Å²) < 4.78 is 11.6. The third-order valence-corrected chi connectivity index (χ3v) is 4.61. The molecule has 154 valence electrons. The number of benzene rings is 1. The standard InChI is InChI=1S/C23H29N3O3/c1-23(2,3)29-22(27)26-10-8-20(9-11-26)28-21-13-19(15-25-16-21)18-7-5-6-17(12-18)14-24-4/h5-7,12-16,20H,8-11H2,1-4H3. The molecule has 0 saturated carbocycles. The number of nitrogens with zero attached hydrogens (tertiary/aromatic N) is 3. The lowest BCUT2D eigenvalue weighted by atomic mass is 10.0. The fourth-order valence-corrected chi connectivity index (χ4v) is 3.26. The second kappa shape index (κ2) is 9.07. The first-order valence-corrected chi connectivity index (χ1v) is 9.96. The minimum Gasteiger partial charge on any atom is -0.489 e. The number of amides is 1. The highest BCUT2D eigenvalue weighted by Crippen LogP contribution is 2.26. The highest BCUT2D eigenvalue weighted by atomic mass is 16.6. The summed E-state index contributed by atoms with van der Waals surface area (Å²) in [5, 5.41) is 0. The summed E-state index contributed by atoms with van der Waals surface area (Å²) in [5.41, 5.74) is 2.64. The van der Waals surface area contributed by atoms with Gasteiger partial charge in [0.15, 0.2) is 0 Å². The molecular formula is C23H29N3O3. The largest absolute Gasteiger partial charge is 0.489 e. The monoisotopic (exact) mass is 395 g/mol. The lowest BCUT2D eigenvalue weighted by Crippen LogP contribution is -2.44. The van der Waals surface area contributed by atoms with Crippen LogP contribution in [0.3, 0.4) is 0 Å². The highest BCUT2D eigenvalue weighted by Gasteiger charge is 2.27. The van der Waals surface area contributed by atoms with Crippen molar-refractivity contribution in [3.05, 3.63) is 48.3 Å². The van der Waals surface area contributed by atoms with E-state index in [-0.39, 0.29) is 12.2 Å². The molecule has 1 aliphatic heterocycles. The van der Waals surface area contributed by atoms with Gasteiger partial charge in [0, 0.05) is 51.0 Å². The molecule has 0 N–H and O–H groups in total. The van der Waals surface area contributed by atoms with Gasteiger partial charge in [-0.3, -0.25) is 9.98 Å². The van der Waals surface area contributed by atoms with E-state index < -0.39 is 5.60 Å². The van der Waals surface area contributed by atoms with Gasteiger partial charge >= 0.3 is 6.09 Å². The molecule has 0 aliphatic carbocycles. The number of aliphatic imine (C=N–C) groups is 1. The number of piperidine rings is 1. The SMILES string of the molecule is CN=Cc1cccc(-c2cncc(OC3CCN(C(=O)OC(C)(C)C)CC3)c2)c1. The van der Waals surface area contributed by atoms with Crippen molar-refractivity contribution in [2.24, 2.45) is 4.99 Å². The molecule has 2 heterocycles. The Hall–Kier alpha value is -2.89. The molecule has 29 heavy (non-hydrogen) atoms. The lowest BCUT2D eigenvalue weighted by Gasteiger charge is -2.33. The maximum Gasteiger partial charge on any atom is 0.410 e. The number of likely N-dealkylation sites (tertiary alicyclic amines) is 1. The van der Waals surface area contributed by atoms with Gasteiger partial charge in [0.2, 0.25) is 0 Å². The van der Waals surface area contributed by atoms with E-state index in [1.54, 1.807) is 18.1 Å². The van der Waals surface area contributed by atoms with E-state index >= 15 is 0 Å². The summed E-state index contributed by atoms with van der Waals surface area (Å²) in [7, 11) is 1.76. The molecule has 0 unspecified atom stereocenters. The zero-order chi connectivity index (χ0) is 20.9. The van der Waals surface area contributed by atoms with E-state index in [4.69, 9.17) is 9.47 Å². The Balaban J connectivity index is 1.60. The first-order valence-electron chi connectivity index (χ1n) is 9.96. The quantitative estimate of drug-likeness (QED) is 0.711. The van der Waals surface area contributed by atoms with E-state index in [1.165, 1.54) is 0 Å². The Morgan fingerprint density at radius 2 is 1.93 bits per heavy atom. The Labute approximate surface area is 172 Å². The van der Waals surface area contributed by atoms with Crippen LogP contribution < -0.4 is 4.74 Å². The zero-order valence-electron chi connectivity index (χ0n) is 17.6. The molecule has 0 spiro atoms. The molecule has 6 heteroatoms. The van der Waals surface area contributed by atoms with Gasteiger partial charge in [-0.25, -0.2) is 4.79 Å². The number of rotatable bonds is 4. The number of aromatic nitrogens is 1. The second-order valence-electron chi connectivity index (χ2n) is 8.21. The van der Waals surface area contributed by atoms with Crippen molar-refractivity contribution < 1.29 is 14.3 Å². The van der Waals surface area contributed by atoms with Crippen molar-refractivity contribution in [1.82, 2.24) is 9.88 Å². The molecule has 2 aromatic rings. The van der Waals surface area contributed by atoms with Crippen LogP contribution in [0, 0.1) is 0 Å². The molecule has 1 aromatic carbocycles. The van der Waals surface area contributed by atoms with Crippen molar-refractivity contribution in [2.45, 2.75) is 45.3 Å². The van der Waals surface area contributed by atoms with Gasteiger partial charge in [-0.05, 0) is 44.0 Å². The predicted octanol–water partition coefficient (Wildman–Crippen LogP) is 4.58. The van der Waals surface area contributed by atoms with Gasteiger partial charge in [-0.2, -0.15) is 0 Å². The molecule has 1 saturated heterocycles. The predicted molar refractivity (Wildman–Crippen MR) is 115 cm³/mol. The van der Waals surface area contributed by atoms with Crippen LogP contribution in [0.4, 0.5) is 4.79 Å². The summed E-state index contributed by atoms with van der Waals surface area (Å²) in [4.78, 5) is 22.4. The van der Waals surface area contributed by atoms with Crippen LogP contribution >= 0.6 is 0 Å². The zero-order valence-corrected chi connectivity index (χ0v) is 17.6. The number of carbonyl (C=O) groups is 1. The first-order chi connectivity index (χ1) is 13.8. The average Bonchev–Trinajstić information content (AvgIpc) is 2.68. The van der Waals surface area contributed by atoms with Crippen molar-refractivity contribution >= 4 is 12.3 Å². The molecule has 0 bridgehead atoms. The van der Waals surface area contributed by atoms with Gasteiger partial charge < -0.3 is 14.4 Å². The maximum atomic E-state index is 12.2. The number of ether oxygens (including phenoxy) is 2. The summed E-state index contributed by atoms with van der Waals surface area (Å²) in [6, 6.07) is 10.2. The third kappa shape index (κ3) is 6.04. The molecular weight excluding hydrogens is 366 g/mol. The number of pyridine rings is 1. The van der Waals surface area contributed by atoms with Crippen LogP contribution in [0.15, 0.2) is 47.7 Å². The fourth-order valence-electron chi connectivity index (χ4n) is 3.26. The van der Waals surface area contributed by atoms with Gasteiger partial charge in [0.25, 0.3) is 0 Å². The van der Waals surface area contributed by atoms with E-state index in [1.807, 2.05) is 57.4 Å². The Kier molecular flexibility index (Phi) is 6.52.